The average molecular weight is 197 g/mol. The number of hydrogen-bond acceptors (Lipinski definition) is 2. The van der Waals surface area contributed by atoms with E-state index < -0.39 is 0 Å². The van der Waals surface area contributed by atoms with Crippen LogP contribution in [-0.4, -0.2) is 28.7 Å². The lowest BCUT2D eigenvalue weighted by Gasteiger charge is -2.23. The molecule has 0 aromatic carbocycles. The van der Waals surface area contributed by atoms with Crippen molar-refractivity contribution < 1.29 is 5.21 Å². The summed E-state index contributed by atoms with van der Waals surface area (Å²) in [5.74, 6) is 0.996. The maximum Gasteiger partial charge on any atom is 0.233 e. The Hall–Kier alpha value is -0.930. The van der Waals surface area contributed by atoms with Crippen LogP contribution in [0.15, 0.2) is 5.16 Å². The number of oxime groups is 1. The Morgan fingerprint density at radius 1 is 1.50 bits per heavy atom. The largest absolute Gasteiger partial charge is 0.408 e. The van der Waals surface area contributed by atoms with Gasteiger partial charge in [0.25, 0.3) is 0 Å². The van der Waals surface area contributed by atoms with Crippen LogP contribution in [-0.2, 0) is 0 Å². The molecule has 80 valence electrons. The van der Waals surface area contributed by atoms with Gasteiger partial charge >= 0.3 is 0 Å². The molecule has 1 aliphatic heterocycles. The maximum absolute atomic E-state index is 8.71. The van der Waals surface area contributed by atoms with E-state index in [-0.39, 0.29) is 5.96 Å². The van der Waals surface area contributed by atoms with Gasteiger partial charge < -0.3 is 15.8 Å². The molecule has 1 heterocycles. The zero-order chi connectivity index (χ0) is 10.3. The molecule has 1 aliphatic carbocycles. The summed E-state index contributed by atoms with van der Waals surface area (Å²) in [6.07, 6.45) is 3.74. The van der Waals surface area contributed by atoms with Gasteiger partial charge in [-0.25, -0.2) is 0 Å². The molecule has 0 spiro atoms. The summed E-state index contributed by atoms with van der Waals surface area (Å²) in [5.41, 5.74) is 5.98. The minimum Gasteiger partial charge on any atom is -0.408 e. The Labute approximate surface area is 84.8 Å². The van der Waals surface area contributed by atoms with Crippen LogP contribution >= 0.6 is 0 Å². The van der Waals surface area contributed by atoms with Crippen LogP contribution in [0, 0.1) is 11.3 Å². The lowest BCUT2D eigenvalue weighted by Crippen LogP contribution is -2.41. The van der Waals surface area contributed by atoms with E-state index in [2.05, 4.69) is 23.9 Å². The molecular weight excluding hydrogens is 178 g/mol. The van der Waals surface area contributed by atoms with Gasteiger partial charge in [-0.15, -0.1) is 0 Å². The number of fused-ring (bicyclic) bond motifs is 1. The van der Waals surface area contributed by atoms with E-state index in [1.807, 2.05) is 0 Å². The molecule has 2 rings (SSSR count). The van der Waals surface area contributed by atoms with E-state index in [1.54, 1.807) is 0 Å². The van der Waals surface area contributed by atoms with E-state index in [4.69, 9.17) is 10.9 Å². The summed E-state index contributed by atoms with van der Waals surface area (Å²) in [6.45, 7) is 5.47. The van der Waals surface area contributed by atoms with Gasteiger partial charge in [0.05, 0.1) is 0 Å². The summed E-state index contributed by atoms with van der Waals surface area (Å²) < 4.78 is 0. The fourth-order valence-corrected chi connectivity index (χ4v) is 3.21. The van der Waals surface area contributed by atoms with Gasteiger partial charge in [0.2, 0.25) is 5.96 Å². The number of nitrogens with zero attached hydrogens (tertiary/aromatic N) is 2. The first-order chi connectivity index (χ1) is 6.56. The molecule has 0 radical (unpaired) electrons. The Morgan fingerprint density at radius 2 is 2.21 bits per heavy atom. The van der Waals surface area contributed by atoms with Gasteiger partial charge in [-0.2, -0.15) is 0 Å². The van der Waals surface area contributed by atoms with Crippen molar-refractivity contribution in [3.63, 3.8) is 0 Å². The van der Waals surface area contributed by atoms with Crippen molar-refractivity contribution in [3.05, 3.63) is 0 Å². The number of likely N-dealkylation sites (tertiary alicyclic amines) is 1. The Bertz CT molecular complexity index is 262. The molecule has 2 atom stereocenters. The van der Waals surface area contributed by atoms with Crippen molar-refractivity contribution in [1.82, 2.24) is 4.90 Å². The molecule has 1 saturated carbocycles. The highest BCUT2D eigenvalue weighted by Gasteiger charge is 2.49. The van der Waals surface area contributed by atoms with Gasteiger partial charge in [0.15, 0.2) is 0 Å². The summed E-state index contributed by atoms with van der Waals surface area (Å²) in [5, 5.41) is 11.8. The first-order valence-electron chi connectivity index (χ1n) is 5.30. The van der Waals surface area contributed by atoms with Gasteiger partial charge in [0.1, 0.15) is 0 Å². The molecule has 1 saturated heterocycles. The van der Waals surface area contributed by atoms with Crippen LogP contribution in [0.25, 0.3) is 0 Å². The highest BCUT2D eigenvalue weighted by atomic mass is 16.4. The first-order valence-corrected chi connectivity index (χ1v) is 5.30. The molecule has 0 aromatic heterocycles. The molecule has 4 nitrogen and oxygen atoms in total. The first kappa shape index (κ1) is 9.62. The van der Waals surface area contributed by atoms with E-state index in [0.717, 1.165) is 6.54 Å². The molecule has 14 heavy (non-hydrogen) atoms. The number of rotatable bonds is 0. The van der Waals surface area contributed by atoms with Crippen molar-refractivity contribution in [2.45, 2.75) is 39.2 Å². The third-order valence-corrected chi connectivity index (χ3v) is 3.86. The molecule has 0 amide bonds. The standard InChI is InChI=1S/C10H19N3O/c1-10(2)6-13(9(11)12-14)8-5-3-4-7(8)10/h7-8,14H,3-6H2,1-2H3,(H2,11,12). The van der Waals surface area contributed by atoms with Crippen LogP contribution in [0.2, 0.25) is 0 Å². The third kappa shape index (κ3) is 1.24. The minimum atomic E-state index is 0.285. The van der Waals surface area contributed by atoms with Gasteiger partial charge in [-0.05, 0) is 24.2 Å². The summed E-state index contributed by atoms with van der Waals surface area (Å²) in [6, 6.07) is 0.501. The topological polar surface area (TPSA) is 61.8 Å². The normalized spacial score (nSPS) is 36.1. The number of hydrogen-bond donors (Lipinski definition) is 2. The second kappa shape index (κ2) is 3.04. The lowest BCUT2D eigenvalue weighted by atomic mass is 9.80. The van der Waals surface area contributed by atoms with Crippen LogP contribution < -0.4 is 5.73 Å². The molecule has 0 bridgehead atoms. The van der Waals surface area contributed by atoms with E-state index in [0.29, 0.717) is 17.4 Å². The highest BCUT2D eigenvalue weighted by molar-refractivity contribution is 5.78. The monoisotopic (exact) mass is 197 g/mol. The molecule has 0 aromatic rings. The Balaban J connectivity index is 2.23. The molecule has 2 aliphatic rings. The van der Waals surface area contributed by atoms with Crippen molar-refractivity contribution in [1.29, 1.82) is 0 Å². The molecular formula is C10H19N3O. The summed E-state index contributed by atoms with van der Waals surface area (Å²) in [4.78, 5) is 2.07. The highest BCUT2D eigenvalue weighted by Crippen LogP contribution is 2.48. The van der Waals surface area contributed by atoms with E-state index in [1.165, 1.54) is 19.3 Å². The minimum absolute atomic E-state index is 0.285. The predicted octanol–water partition coefficient (Wildman–Crippen LogP) is 1.20. The Kier molecular flexibility index (Phi) is 2.09. The van der Waals surface area contributed by atoms with Crippen molar-refractivity contribution >= 4 is 5.96 Å². The van der Waals surface area contributed by atoms with Crippen LogP contribution in [0.5, 0.6) is 0 Å². The number of guanidine groups is 1. The van der Waals surface area contributed by atoms with E-state index in [9.17, 15) is 0 Å². The van der Waals surface area contributed by atoms with Gasteiger partial charge in [0, 0.05) is 12.6 Å². The lowest BCUT2D eigenvalue weighted by molar-refractivity contribution is 0.276. The van der Waals surface area contributed by atoms with Crippen LogP contribution in [0.1, 0.15) is 33.1 Å². The van der Waals surface area contributed by atoms with E-state index >= 15 is 0 Å². The SMILES string of the molecule is CC1(C)CN(/C(N)=N/O)C2CCCC21. The van der Waals surface area contributed by atoms with Crippen LogP contribution in [0.3, 0.4) is 0 Å². The van der Waals surface area contributed by atoms with Gasteiger partial charge in [-0.3, -0.25) is 0 Å². The second-order valence-corrected chi connectivity index (χ2v) is 5.18. The average Bonchev–Trinajstić information content (AvgIpc) is 2.68. The third-order valence-electron chi connectivity index (χ3n) is 3.86. The zero-order valence-electron chi connectivity index (χ0n) is 8.90. The summed E-state index contributed by atoms with van der Waals surface area (Å²) >= 11 is 0. The zero-order valence-corrected chi connectivity index (χ0v) is 8.90. The molecule has 3 N–H and O–H groups in total. The van der Waals surface area contributed by atoms with Gasteiger partial charge in [-0.1, -0.05) is 25.4 Å². The maximum atomic E-state index is 8.71. The van der Waals surface area contributed by atoms with Crippen molar-refractivity contribution in [2.24, 2.45) is 22.2 Å². The fourth-order valence-electron chi connectivity index (χ4n) is 3.21. The molecule has 4 heteroatoms. The second-order valence-electron chi connectivity index (χ2n) is 5.18. The smallest absolute Gasteiger partial charge is 0.233 e. The van der Waals surface area contributed by atoms with Crippen LogP contribution in [0.4, 0.5) is 0 Å². The van der Waals surface area contributed by atoms with Crippen molar-refractivity contribution in [3.8, 4) is 0 Å². The quantitative estimate of drug-likeness (QED) is 0.265. The Morgan fingerprint density at radius 3 is 2.86 bits per heavy atom. The fraction of sp³-hybridized carbons (Fsp3) is 0.900. The molecule has 2 fully saturated rings. The molecule has 2 unspecified atom stereocenters. The summed E-state index contributed by atoms with van der Waals surface area (Å²) in [7, 11) is 0. The van der Waals surface area contributed by atoms with Crippen molar-refractivity contribution in [2.75, 3.05) is 6.54 Å². The predicted molar refractivity (Wildman–Crippen MR) is 55.0 cm³/mol. The number of nitrogens with two attached hydrogens (primary N) is 1.